The first kappa shape index (κ1) is 19.4. The lowest BCUT2D eigenvalue weighted by atomic mass is 10.2. The van der Waals surface area contributed by atoms with Crippen molar-refractivity contribution in [2.24, 2.45) is 0 Å². The maximum atomic E-state index is 12.3. The second-order valence-corrected chi connectivity index (χ2v) is 8.45. The van der Waals surface area contributed by atoms with Gasteiger partial charge >= 0.3 is 6.03 Å². The number of sulfonamides is 1. The van der Waals surface area contributed by atoms with E-state index in [-0.39, 0.29) is 24.0 Å². The average molecular weight is 382 g/mol. The molecular weight excluding hydrogens is 358 g/mol. The lowest BCUT2D eigenvalue weighted by molar-refractivity contribution is 0.241. The van der Waals surface area contributed by atoms with Crippen molar-refractivity contribution in [3.05, 3.63) is 51.7 Å². The zero-order valence-corrected chi connectivity index (χ0v) is 16.0. The quantitative estimate of drug-likeness (QED) is 0.613. The maximum Gasteiger partial charge on any atom is 0.314 e. The van der Waals surface area contributed by atoms with Crippen molar-refractivity contribution in [1.82, 2.24) is 15.4 Å². The van der Waals surface area contributed by atoms with Gasteiger partial charge in [0.1, 0.15) is 0 Å². The summed E-state index contributed by atoms with van der Waals surface area (Å²) in [5.41, 5.74) is 1.58. The lowest BCUT2D eigenvalue weighted by Gasteiger charge is -2.11. The molecule has 1 aromatic heterocycles. The normalized spacial score (nSPS) is 11.3. The SMILES string of the molecule is Cc1ccc(C)c(S(=O)(=O)NCCNC(=O)NCCc2cccs2)c1. The fraction of sp³-hybridized carbons (Fsp3) is 0.353. The molecule has 0 saturated carbocycles. The number of rotatable bonds is 8. The Labute approximate surface area is 152 Å². The van der Waals surface area contributed by atoms with Crippen molar-refractivity contribution in [3.63, 3.8) is 0 Å². The van der Waals surface area contributed by atoms with Crippen LogP contribution >= 0.6 is 11.3 Å². The van der Waals surface area contributed by atoms with Crippen LogP contribution < -0.4 is 15.4 Å². The molecule has 0 unspecified atom stereocenters. The smallest absolute Gasteiger partial charge is 0.314 e. The third-order valence-corrected chi connectivity index (χ3v) is 6.11. The van der Waals surface area contributed by atoms with E-state index in [4.69, 9.17) is 0 Å². The lowest BCUT2D eigenvalue weighted by Crippen LogP contribution is -2.40. The van der Waals surface area contributed by atoms with Crippen LogP contribution in [0.4, 0.5) is 4.79 Å². The Morgan fingerprint density at radius 1 is 1.08 bits per heavy atom. The van der Waals surface area contributed by atoms with Crippen LogP contribution in [0.1, 0.15) is 16.0 Å². The highest BCUT2D eigenvalue weighted by atomic mass is 32.2. The standard InChI is InChI=1S/C17H23N3O3S2/c1-13-5-6-14(2)16(12-13)25(22,23)20-10-9-19-17(21)18-8-7-15-4-3-11-24-15/h3-6,11-12,20H,7-10H2,1-2H3,(H2,18,19,21). The van der Waals surface area contributed by atoms with Crippen molar-refractivity contribution < 1.29 is 13.2 Å². The van der Waals surface area contributed by atoms with Crippen LogP contribution in [0.25, 0.3) is 0 Å². The Morgan fingerprint density at radius 2 is 1.84 bits per heavy atom. The minimum atomic E-state index is -3.58. The van der Waals surface area contributed by atoms with Gasteiger partial charge in [0, 0.05) is 24.5 Å². The highest BCUT2D eigenvalue weighted by molar-refractivity contribution is 7.89. The Bertz CT molecular complexity index is 803. The molecule has 8 heteroatoms. The van der Waals surface area contributed by atoms with Gasteiger partial charge in [-0.3, -0.25) is 0 Å². The van der Waals surface area contributed by atoms with Gasteiger partial charge in [-0.25, -0.2) is 17.9 Å². The van der Waals surface area contributed by atoms with Gasteiger partial charge in [0.25, 0.3) is 0 Å². The van der Waals surface area contributed by atoms with Crippen LogP contribution in [0.3, 0.4) is 0 Å². The number of carbonyl (C=O) groups excluding carboxylic acids is 1. The van der Waals surface area contributed by atoms with Gasteiger partial charge in [-0.05, 0) is 48.9 Å². The molecule has 25 heavy (non-hydrogen) atoms. The van der Waals surface area contributed by atoms with E-state index < -0.39 is 10.0 Å². The zero-order chi connectivity index (χ0) is 18.3. The number of hydrogen-bond donors (Lipinski definition) is 3. The molecule has 0 aliphatic carbocycles. The van der Waals surface area contributed by atoms with Gasteiger partial charge < -0.3 is 10.6 Å². The van der Waals surface area contributed by atoms with Gasteiger partial charge in [-0.1, -0.05) is 18.2 Å². The predicted octanol–water partition coefficient (Wildman–Crippen LogP) is 2.19. The summed E-state index contributed by atoms with van der Waals surface area (Å²) in [6.07, 6.45) is 0.782. The van der Waals surface area contributed by atoms with E-state index in [1.54, 1.807) is 30.4 Å². The fourth-order valence-corrected chi connectivity index (χ4v) is 4.32. The van der Waals surface area contributed by atoms with Gasteiger partial charge in [0.2, 0.25) is 10.0 Å². The van der Waals surface area contributed by atoms with Crippen LogP contribution in [0, 0.1) is 13.8 Å². The van der Waals surface area contributed by atoms with Gasteiger partial charge in [-0.2, -0.15) is 0 Å². The van der Waals surface area contributed by atoms with Crippen molar-refractivity contribution in [2.75, 3.05) is 19.6 Å². The van der Waals surface area contributed by atoms with Gasteiger partial charge in [0.15, 0.2) is 0 Å². The van der Waals surface area contributed by atoms with Crippen LogP contribution in [0.5, 0.6) is 0 Å². The molecule has 3 N–H and O–H groups in total. The summed E-state index contributed by atoms with van der Waals surface area (Å²) in [4.78, 5) is 13.1. The number of carbonyl (C=O) groups is 1. The van der Waals surface area contributed by atoms with E-state index in [0.29, 0.717) is 12.1 Å². The number of urea groups is 1. The summed E-state index contributed by atoms with van der Waals surface area (Å²) >= 11 is 1.65. The largest absolute Gasteiger partial charge is 0.338 e. The molecule has 2 rings (SSSR count). The molecule has 0 spiro atoms. The van der Waals surface area contributed by atoms with Crippen LogP contribution in [-0.2, 0) is 16.4 Å². The third-order valence-electron chi connectivity index (χ3n) is 3.57. The van der Waals surface area contributed by atoms with E-state index in [2.05, 4.69) is 15.4 Å². The minimum absolute atomic E-state index is 0.133. The molecule has 0 bridgehead atoms. The number of benzene rings is 1. The second kappa shape index (κ2) is 8.98. The first-order chi connectivity index (χ1) is 11.9. The Morgan fingerprint density at radius 3 is 2.56 bits per heavy atom. The zero-order valence-electron chi connectivity index (χ0n) is 14.3. The summed E-state index contributed by atoms with van der Waals surface area (Å²) < 4.78 is 27.1. The molecule has 0 aliphatic heterocycles. The Kier molecular flexibility index (Phi) is 6.98. The van der Waals surface area contributed by atoms with E-state index in [1.165, 1.54) is 4.88 Å². The van der Waals surface area contributed by atoms with E-state index in [9.17, 15) is 13.2 Å². The van der Waals surface area contributed by atoms with E-state index in [1.807, 2.05) is 30.5 Å². The van der Waals surface area contributed by atoms with Crippen molar-refractivity contribution >= 4 is 27.4 Å². The van der Waals surface area contributed by atoms with Crippen LogP contribution in [0.15, 0.2) is 40.6 Å². The molecular formula is C17H23N3O3S2. The molecule has 0 atom stereocenters. The van der Waals surface area contributed by atoms with E-state index in [0.717, 1.165) is 12.0 Å². The summed E-state index contributed by atoms with van der Waals surface area (Å²) in [6.45, 7) is 4.50. The van der Waals surface area contributed by atoms with Crippen molar-refractivity contribution in [3.8, 4) is 0 Å². The maximum absolute atomic E-state index is 12.3. The van der Waals surface area contributed by atoms with E-state index >= 15 is 0 Å². The molecule has 2 aromatic rings. The topological polar surface area (TPSA) is 87.3 Å². The minimum Gasteiger partial charge on any atom is -0.338 e. The molecule has 0 aliphatic rings. The summed E-state index contributed by atoms with van der Waals surface area (Å²) in [7, 11) is -3.58. The third kappa shape index (κ3) is 6.15. The number of amides is 2. The first-order valence-electron chi connectivity index (χ1n) is 7.99. The summed E-state index contributed by atoms with van der Waals surface area (Å²) in [5, 5.41) is 7.38. The number of aryl methyl sites for hydroxylation is 2. The number of nitrogens with one attached hydrogen (secondary N) is 3. The second-order valence-electron chi connectivity index (χ2n) is 5.68. The molecule has 0 saturated heterocycles. The molecule has 1 heterocycles. The van der Waals surface area contributed by atoms with Crippen molar-refractivity contribution in [2.45, 2.75) is 25.2 Å². The summed E-state index contributed by atoms with van der Waals surface area (Å²) in [5.74, 6) is 0. The number of thiophene rings is 1. The predicted molar refractivity (Wildman–Crippen MR) is 101 cm³/mol. The molecule has 6 nitrogen and oxygen atoms in total. The summed E-state index contributed by atoms with van der Waals surface area (Å²) in [6, 6.07) is 8.98. The molecule has 0 fully saturated rings. The molecule has 0 radical (unpaired) electrons. The van der Waals surface area contributed by atoms with Gasteiger partial charge in [-0.15, -0.1) is 11.3 Å². The van der Waals surface area contributed by atoms with Crippen molar-refractivity contribution in [1.29, 1.82) is 0 Å². The fourth-order valence-electron chi connectivity index (χ4n) is 2.25. The molecule has 2 amide bonds. The Balaban J connectivity index is 1.71. The van der Waals surface area contributed by atoms with Gasteiger partial charge in [0.05, 0.1) is 4.90 Å². The first-order valence-corrected chi connectivity index (χ1v) is 10.4. The molecule has 1 aromatic carbocycles. The highest BCUT2D eigenvalue weighted by Gasteiger charge is 2.16. The highest BCUT2D eigenvalue weighted by Crippen LogP contribution is 2.16. The Hall–Kier alpha value is -1.90. The number of hydrogen-bond acceptors (Lipinski definition) is 4. The van der Waals surface area contributed by atoms with Crippen LogP contribution in [-0.4, -0.2) is 34.1 Å². The monoisotopic (exact) mass is 381 g/mol. The van der Waals surface area contributed by atoms with Crippen LogP contribution in [0.2, 0.25) is 0 Å². The molecule has 136 valence electrons. The average Bonchev–Trinajstić information content (AvgIpc) is 3.07.